The number of rotatable bonds is 6. The first-order chi connectivity index (χ1) is 14.6. The molecule has 0 unspecified atom stereocenters. The highest BCUT2D eigenvalue weighted by atomic mass is 16.5. The first kappa shape index (κ1) is 19.4. The van der Waals surface area contributed by atoms with Crippen molar-refractivity contribution in [1.82, 2.24) is 14.4 Å². The van der Waals surface area contributed by atoms with Gasteiger partial charge < -0.3 is 29.1 Å². The summed E-state index contributed by atoms with van der Waals surface area (Å²) in [5, 5.41) is 0. The van der Waals surface area contributed by atoms with Gasteiger partial charge in [-0.25, -0.2) is 4.98 Å². The van der Waals surface area contributed by atoms with Crippen molar-refractivity contribution in [2.24, 2.45) is 0 Å². The van der Waals surface area contributed by atoms with Crippen LogP contribution in [-0.4, -0.2) is 42.8 Å². The molecule has 0 radical (unpaired) electrons. The van der Waals surface area contributed by atoms with Crippen LogP contribution < -0.4 is 24.7 Å². The Kier molecular flexibility index (Phi) is 5.05. The van der Waals surface area contributed by atoms with Crippen molar-refractivity contribution < 1.29 is 18.9 Å². The van der Waals surface area contributed by atoms with Crippen molar-refractivity contribution in [2.75, 3.05) is 34.2 Å². The third-order valence-corrected chi connectivity index (χ3v) is 4.84. The van der Waals surface area contributed by atoms with Crippen LogP contribution in [0.2, 0.25) is 0 Å². The van der Waals surface area contributed by atoms with Gasteiger partial charge in [0.15, 0.2) is 17.1 Å². The maximum atomic E-state index is 6.06. The monoisotopic (exact) mass is 406 g/mol. The number of fused-ring (bicyclic) bond motifs is 1. The number of benzene rings is 2. The highest BCUT2D eigenvalue weighted by Gasteiger charge is 2.18. The van der Waals surface area contributed by atoms with Crippen molar-refractivity contribution >= 4 is 11.3 Å². The first-order valence-electron chi connectivity index (χ1n) is 9.17. The smallest absolute Gasteiger partial charge is 0.203 e. The topological polar surface area (TPSA) is 93.1 Å². The van der Waals surface area contributed by atoms with Gasteiger partial charge >= 0.3 is 0 Å². The number of nitrogens with zero attached hydrogens (tertiary/aromatic N) is 3. The molecule has 0 saturated carbocycles. The molecular weight excluding hydrogens is 384 g/mol. The Labute approximate surface area is 173 Å². The van der Waals surface area contributed by atoms with Gasteiger partial charge in [-0.1, -0.05) is 0 Å². The molecule has 4 rings (SSSR count). The van der Waals surface area contributed by atoms with Gasteiger partial charge in [-0.2, -0.15) is 0 Å². The van der Waals surface area contributed by atoms with Gasteiger partial charge in [-0.15, -0.1) is 0 Å². The van der Waals surface area contributed by atoms with E-state index >= 15 is 0 Å². The van der Waals surface area contributed by atoms with Crippen LogP contribution in [0.1, 0.15) is 0 Å². The van der Waals surface area contributed by atoms with E-state index in [1.807, 2.05) is 47.1 Å². The summed E-state index contributed by atoms with van der Waals surface area (Å²) in [5.41, 5.74) is 10.4. The predicted molar refractivity (Wildman–Crippen MR) is 114 cm³/mol. The summed E-state index contributed by atoms with van der Waals surface area (Å²) in [6.45, 7) is 0. The lowest BCUT2D eigenvalue weighted by Gasteiger charge is -2.14. The van der Waals surface area contributed by atoms with Gasteiger partial charge in [-0.05, 0) is 30.3 Å². The molecular formula is C22H22N4O4. The molecule has 2 aromatic carbocycles. The predicted octanol–water partition coefficient (Wildman–Crippen LogP) is 3.68. The van der Waals surface area contributed by atoms with E-state index in [9.17, 15) is 0 Å². The number of hydrogen-bond donors (Lipinski definition) is 1. The second-order valence-electron chi connectivity index (χ2n) is 6.50. The van der Waals surface area contributed by atoms with E-state index in [2.05, 4.69) is 4.98 Å². The third-order valence-electron chi connectivity index (χ3n) is 4.84. The van der Waals surface area contributed by atoms with Crippen molar-refractivity contribution in [2.45, 2.75) is 0 Å². The molecule has 0 saturated heterocycles. The fourth-order valence-corrected chi connectivity index (χ4v) is 3.37. The summed E-state index contributed by atoms with van der Waals surface area (Å²) < 4.78 is 23.5. The van der Waals surface area contributed by atoms with Crippen molar-refractivity contribution in [3.63, 3.8) is 0 Å². The molecule has 0 fully saturated rings. The summed E-state index contributed by atoms with van der Waals surface area (Å²) in [7, 11) is 6.32. The molecule has 2 N–H and O–H groups in total. The van der Waals surface area contributed by atoms with E-state index in [0.29, 0.717) is 40.0 Å². The van der Waals surface area contributed by atoms with Gasteiger partial charge in [0.1, 0.15) is 11.4 Å². The van der Waals surface area contributed by atoms with Crippen LogP contribution in [0.4, 0.5) is 5.69 Å². The second-order valence-corrected chi connectivity index (χ2v) is 6.50. The number of ether oxygens (including phenoxy) is 4. The molecule has 0 aliphatic rings. The largest absolute Gasteiger partial charge is 0.495 e. The minimum Gasteiger partial charge on any atom is -0.495 e. The Morgan fingerprint density at radius 1 is 0.833 bits per heavy atom. The summed E-state index contributed by atoms with van der Waals surface area (Å²) >= 11 is 0. The average Bonchev–Trinajstić information content (AvgIpc) is 3.22. The molecule has 8 nitrogen and oxygen atoms in total. The molecule has 154 valence electrons. The first-order valence-corrected chi connectivity index (χ1v) is 9.17. The van der Waals surface area contributed by atoms with Crippen LogP contribution in [-0.2, 0) is 0 Å². The molecule has 0 aliphatic carbocycles. The minimum absolute atomic E-state index is 0.522. The number of imidazole rings is 1. The zero-order chi connectivity index (χ0) is 21.3. The van der Waals surface area contributed by atoms with Gasteiger partial charge in [0.05, 0.1) is 39.8 Å². The van der Waals surface area contributed by atoms with Crippen LogP contribution >= 0.6 is 0 Å². The minimum atomic E-state index is 0.522. The molecule has 0 bridgehead atoms. The molecule has 0 aliphatic heterocycles. The van der Waals surface area contributed by atoms with E-state index in [-0.39, 0.29) is 0 Å². The zero-order valence-corrected chi connectivity index (χ0v) is 17.2. The van der Waals surface area contributed by atoms with Crippen LogP contribution in [0.5, 0.6) is 23.0 Å². The van der Waals surface area contributed by atoms with E-state index in [4.69, 9.17) is 29.7 Å². The molecule has 0 amide bonds. The van der Waals surface area contributed by atoms with Crippen molar-refractivity contribution in [3.05, 3.63) is 48.9 Å². The molecule has 0 atom stereocenters. The van der Waals surface area contributed by atoms with Crippen LogP contribution in [0.15, 0.2) is 48.9 Å². The molecule has 2 aromatic heterocycles. The van der Waals surface area contributed by atoms with Crippen LogP contribution in [0, 0.1) is 0 Å². The van der Waals surface area contributed by atoms with Crippen molar-refractivity contribution in [3.8, 4) is 45.5 Å². The average molecular weight is 406 g/mol. The van der Waals surface area contributed by atoms with E-state index in [1.54, 1.807) is 34.6 Å². The summed E-state index contributed by atoms with van der Waals surface area (Å²) in [5.74, 6) is 2.24. The number of nitrogens with two attached hydrogens (primary N) is 1. The van der Waals surface area contributed by atoms with Gasteiger partial charge in [0.25, 0.3) is 0 Å². The summed E-state index contributed by atoms with van der Waals surface area (Å²) in [6, 6.07) is 9.29. The number of hydrogen-bond acceptors (Lipinski definition) is 7. The Hall–Kier alpha value is -3.94. The quantitative estimate of drug-likeness (QED) is 0.488. The van der Waals surface area contributed by atoms with Crippen LogP contribution in [0.3, 0.4) is 0 Å². The normalized spacial score (nSPS) is 10.8. The molecule has 8 heteroatoms. The maximum absolute atomic E-state index is 6.06. The Balaban J connectivity index is 1.87. The lowest BCUT2D eigenvalue weighted by atomic mass is 10.1. The molecule has 4 aromatic rings. The number of methoxy groups -OCH3 is 4. The van der Waals surface area contributed by atoms with E-state index in [1.165, 1.54) is 0 Å². The summed E-state index contributed by atoms with van der Waals surface area (Å²) in [6.07, 6.45) is 5.50. The number of anilines is 1. The highest BCUT2D eigenvalue weighted by molar-refractivity contribution is 5.80. The fraction of sp³-hybridized carbons (Fsp3) is 0.182. The second kappa shape index (κ2) is 7.82. The molecule has 30 heavy (non-hydrogen) atoms. The molecule has 0 spiro atoms. The zero-order valence-electron chi connectivity index (χ0n) is 17.2. The van der Waals surface area contributed by atoms with E-state index < -0.39 is 0 Å². The van der Waals surface area contributed by atoms with Gasteiger partial charge in [0.2, 0.25) is 5.75 Å². The number of nitrogen functional groups attached to an aromatic ring is 1. The van der Waals surface area contributed by atoms with Crippen LogP contribution in [0.25, 0.3) is 28.2 Å². The third kappa shape index (κ3) is 3.22. The summed E-state index contributed by atoms with van der Waals surface area (Å²) in [4.78, 5) is 9.36. The number of aromatic nitrogens is 3. The SMILES string of the molecule is COc1ccc(-c2cn3ccnc(-c4cc(OC)c(OC)c(OC)c4)c3n2)cc1N. The lowest BCUT2D eigenvalue weighted by Crippen LogP contribution is -1.97. The van der Waals surface area contributed by atoms with Gasteiger partial charge in [0, 0.05) is 29.7 Å². The van der Waals surface area contributed by atoms with Crippen molar-refractivity contribution in [1.29, 1.82) is 0 Å². The highest BCUT2D eigenvalue weighted by Crippen LogP contribution is 2.41. The molecule has 2 heterocycles. The fourth-order valence-electron chi connectivity index (χ4n) is 3.37. The Morgan fingerprint density at radius 2 is 1.53 bits per heavy atom. The van der Waals surface area contributed by atoms with Gasteiger partial charge in [-0.3, -0.25) is 4.98 Å². The standard InChI is InChI=1S/C22H22N4O4/c1-27-17-6-5-13(9-15(17)23)16-12-26-8-7-24-20(22(26)25-16)14-10-18(28-2)21(30-4)19(11-14)29-3/h5-12H,23H2,1-4H3. The lowest BCUT2D eigenvalue weighted by molar-refractivity contribution is 0.324. The Bertz CT molecular complexity index is 1190. The maximum Gasteiger partial charge on any atom is 0.203 e. The van der Waals surface area contributed by atoms with E-state index in [0.717, 1.165) is 16.8 Å². The Morgan fingerprint density at radius 3 is 2.13 bits per heavy atom.